The summed E-state index contributed by atoms with van der Waals surface area (Å²) in [4.78, 5) is 18.4. The van der Waals surface area contributed by atoms with Gasteiger partial charge in [-0.1, -0.05) is 61.4 Å². The van der Waals surface area contributed by atoms with Crippen LogP contribution in [0.3, 0.4) is 0 Å². The van der Waals surface area contributed by atoms with Crippen molar-refractivity contribution in [1.29, 1.82) is 0 Å². The average Bonchev–Trinajstić information content (AvgIpc) is 3.54. The van der Waals surface area contributed by atoms with Crippen LogP contribution in [0.15, 0.2) is 40.9 Å². The second-order valence-corrected chi connectivity index (χ2v) is 12.7. The molecule has 1 amide bonds. The third kappa shape index (κ3) is 4.34. The number of allylic oxidation sites excluding steroid dienone is 1. The summed E-state index contributed by atoms with van der Waals surface area (Å²) >= 11 is 1.93. The fraction of sp³-hybridized carbons (Fsp3) is 0.690. The van der Waals surface area contributed by atoms with Crippen molar-refractivity contribution in [2.24, 2.45) is 17.3 Å². The van der Waals surface area contributed by atoms with Gasteiger partial charge in [0, 0.05) is 41.7 Å². The number of likely N-dealkylation sites (tertiary alicyclic amines) is 1. The van der Waals surface area contributed by atoms with E-state index in [9.17, 15) is 4.79 Å². The van der Waals surface area contributed by atoms with Crippen LogP contribution in [0.2, 0.25) is 0 Å². The average molecular weight is 495 g/mol. The molecule has 35 heavy (non-hydrogen) atoms. The van der Waals surface area contributed by atoms with E-state index in [0.29, 0.717) is 23.8 Å². The Labute approximate surface area is 215 Å². The van der Waals surface area contributed by atoms with Gasteiger partial charge >= 0.3 is 0 Å². The molecule has 6 rings (SSSR count). The number of fused-ring (bicyclic) bond motifs is 1. The summed E-state index contributed by atoms with van der Waals surface area (Å²) in [5, 5.41) is 10.8. The molecule has 0 radical (unpaired) electrons. The molecule has 2 saturated heterocycles. The summed E-state index contributed by atoms with van der Waals surface area (Å²) in [6, 6.07) is 11.5. The quantitative estimate of drug-likeness (QED) is 0.562. The van der Waals surface area contributed by atoms with Gasteiger partial charge in [-0.05, 0) is 69.4 Å². The first-order chi connectivity index (χ1) is 17.2. The number of nitrogens with one attached hydrogen (secondary N) is 3. The molecule has 1 aromatic rings. The van der Waals surface area contributed by atoms with Crippen LogP contribution >= 0.6 is 11.8 Å². The van der Waals surface area contributed by atoms with Crippen LogP contribution in [-0.4, -0.2) is 49.0 Å². The van der Waals surface area contributed by atoms with E-state index < -0.39 is 0 Å². The van der Waals surface area contributed by atoms with E-state index in [-0.39, 0.29) is 16.8 Å². The van der Waals surface area contributed by atoms with Gasteiger partial charge in [-0.25, -0.2) is 0 Å². The number of hydrogen-bond acceptors (Lipinski definition) is 5. The smallest absolute Gasteiger partial charge is 0.228 e. The first-order valence-corrected chi connectivity index (χ1v) is 15.0. The van der Waals surface area contributed by atoms with Crippen LogP contribution < -0.4 is 16.0 Å². The number of carbonyl (C=O) groups is 1. The topological polar surface area (TPSA) is 56.4 Å². The Morgan fingerprint density at radius 2 is 1.94 bits per heavy atom. The highest BCUT2D eigenvalue weighted by molar-refractivity contribution is 8.03. The molecule has 1 saturated carbocycles. The minimum Gasteiger partial charge on any atom is -0.364 e. The zero-order valence-corrected chi connectivity index (χ0v) is 22.0. The molecule has 3 aliphatic heterocycles. The predicted molar refractivity (Wildman–Crippen MR) is 144 cm³/mol. The van der Waals surface area contributed by atoms with Gasteiger partial charge in [0.25, 0.3) is 0 Å². The van der Waals surface area contributed by atoms with E-state index >= 15 is 0 Å². The fourth-order valence-electron chi connectivity index (χ4n) is 7.92. The molecule has 3 fully saturated rings. The van der Waals surface area contributed by atoms with E-state index in [0.717, 1.165) is 45.3 Å². The second kappa shape index (κ2) is 10.1. The van der Waals surface area contributed by atoms with Gasteiger partial charge < -0.3 is 15.5 Å². The lowest BCUT2D eigenvalue weighted by Crippen LogP contribution is -2.54. The number of thioether (sulfide) groups is 1. The minimum absolute atomic E-state index is 0.0265. The normalized spacial score (nSPS) is 35.9. The zero-order chi connectivity index (χ0) is 23.8. The van der Waals surface area contributed by atoms with Crippen LogP contribution in [0.4, 0.5) is 0 Å². The largest absolute Gasteiger partial charge is 0.364 e. The third-order valence-corrected chi connectivity index (χ3v) is 11.2. The number of hydrogen-bond donors (Lipinski definition) is 3. The summed E-state index contributed by atoms with van der Waals surface area (Å²) in [6.45, 7) is 2.70. The maximum atomic E-state index is 14.5. The van der Waals surface area contributed by atoms with Crippen molar-refractivity contribution < 1.29 is 4.79 Å². The first-order valence-electron chi connectivity index (χ1n) is 14.1. The third-order valence-electron chi connectivity index (χ3n) is 9.73. The van der Waals surface area contributed by atoms with Crippen molar-refractivity contribution in [1.82, 2.24) is 20.9 Å². The van der Waals surface area contributed by atoms with E-state index in [1.54, 1.807) is 0 Å². The molecule has 3 N–H and O–H groups in total. The Bertz CT molecular complexity index is 945. The molecule has 5 nitrogen and oxygen atoms in total. The Balaban J connectivity index is 1.27. The predicted octanol–water partition coefficient (Wildman–Crippen LogP) is 4.78. The SMILES string of the molecule is CNC1NC2=C(S1)[C@]1(CCC2)CNC[C@H]1C(=O)N1CC[C@@H](c2ccccc2)C[C@H]1C1CCCCC1. The van der Waals surface area contributed by atoms with Gasteiger partial charge in [-0.15, -0.1) is 0 Å². The van der Waals surface area contributed by atoms with Gasteiger partial charge in [-0.3, -0.25) is 10.1 Å². The van der Waals surface area contributed by atoms with Crippen molar-refractivity contribution in [3.63, 3.8) is 0 Å². The Morgan fingerprint density at radius 3 is 2.74 bits per heavy atom. The Kier molecular flexibility index (Phi) is 6.89. The highest BCUT2D eigenvalue weighted by atomic mass is 32.2. The van der Waals surface area contributed by atoms with Crippen molar-refractivity contribution in [2.75, 3.05) is 26.7 Å². The molecule has 5 atom stereocenters. The van der Waals surface area contributed by atoms with Gasteiger partial charge in [0.15, 0.2) is 0 Å². The van der Waals surface area contributed by atoms with Crippen LogP contribution in [-0.2, 0) is 4.79 Å². The van der Waals surface area contributed by atoms with E-state index in [1.807, 2.05) is 18.8 Å². The van der Waals surface area contributed by atoms with E-state index in [4.69, 9.17) is 0 Å². The molecule has 6 heteroatoms. The second-order valence-electron chi connectivity index (χ2n) is 11.6. The van der Waals surface area contributed by atoms with Crippen molar-refractivity contribution in [3.8, 4) is 0 Å². The molecule has 190 valence electrons. The molecular formula is C29H42N4OS. The standard InChI is InChI=1S/C29H42N4OS/c1-30-28-32-24-13-8-15-29(26(24)35-28)19-31-18-23(29)27(34)33-16-14-22(20-9-4-2-5-10-20)17-25(33)21-11-6-3-7-12-21/h2,4-5,9-10,21-23,25,28,30-32H,3,6-8,11-19H2,1H3/t22-,23+,25+,28?,29-/m1/s1. The highest BCUT2D eigenvalue weighted by Gasteiger charge is 2.55. The lowest BCUT2D eigenvalue weighted by Gasteiger charge is -2.48. The molecule has 0 bridgehead atoms. The Hall–Kier alpha value is -1.50. The number of amides is 1. The molecule has 3 heterocycles. The summed E-state index contributed by atoms with van der Waals surface area (Å²) in [5.41, 5.74) is 3.08. The number of nitrogens with zero attached hydrogens (tertiary/aromatic N) is 1. The maximum Gasteiger partial charge on any atom is 0.228 e. The molecule has 0 aromatic heterocycles. The molecule has 1 aromatic carbocycles. The van der Waals surface area contributed by atoms with E-state index in [2.05, 4.69) is 51.2 Å². The first kappa shape index (κ1) is 23.9. The molecule has 1 spiro atoms. The van der Waals surface area contributed by atoms with Crippen LogP contribution in [0.1, 0.15) is 75.7 Å². The number of benzene rings is 1. The number of piperidine rings is 1. The number of rotatable bonds is 4. The van der Waals surface area contributed by atoms with Crippen molar-refractivity contribution >= 4 is 17.7 Å². The van der Waals surface area contributed by atoms with Gasteiger partial charge in [-0.2, -0.15) is 0 Å². The molecule has 5 aliphatic rings. The fourth-order valence-corrected chi connectivity index (χ4v) is 9.33. The molecule has 2 aliphatic carbocycles. The zero-order valence-electron chi connectivity index (χ0n) is 21.2. The summed E-state index contributed by atoms with van der Waals surface area (Å²) in [7, 11) is 2.02. The summed E-state index contributed by atoms with van der Waals surface area (Å²) in [5.74, 6) is 1.76. The minimum atomic E-state index is -0.0265. The Morgan fingerprint density at radius 1 is 1.11 bits per heavy atom. The van der Waals surface area contributed by atoms with Crippen LogP contribution in [0, 0.1) is 17.3 Å². The van der Waals surface area contributed by atoms with Crippen molar-refractivity contribution in [3.05, 3.63) is 46.5 Å². The van der Waals surface area contributed by atoms with Gasteiger partial charge in [0.2, 0.25) is 5.91 Å². The monoisotopic (exact) mass is 494 g/mol. The van der Waals surface area contributed by atoms with Gasteiger partial charge in [0.05, 0.1) is 5.92 Å². The van der Waals surface area contributed by atoms with Crippen molar-refractivity contribution in [2.45, 2.75) is 81.7 Å². The molecule has 1 unspecified atom stereocenters. The number of carbonyl (C=O) groups excluding carboxylic acids is 1. The lowest BCUT2D eigenvalue weighted by molar-refractivity contribution is -0.143. The van der Waals surface area contributed by atoms with Gasteiger partial charge in [0.1, 0.15) is 5.50 Å². The van der Waals surface area contributed by atoms with Crippen LogP contribution in [0.5, 0.6) is 0 Å². The summed E-state index contributed by atoms with van der Waals surface area (Å²) in [6.07, 6.45) is 12.3. The van der Waals surface area contributed by atoms with Crippen LogP contribution in [0.25, 0.3) is 0 Å². The highest BCUT2D eigenvalue weighted by Crippen LogP contribution is 2.56. The van der Waals surface area contributed by atoms with E-state index in [1.165, 1.54) is 54.7 Å². The molecular weight excluding hydrogens is 452 g/mol. The lowest BCUT2D eigenvalue weighted by atomic mass is 9.69. The maximum absolute atomic E-state index is 14.5. The summed E-state index contributed by atoms with van der Waals surface area (Å²) < 4.78 is 0.